The molecule has 0 bridgehead atoms. The minimum Gasteiger partial charge on any atom is -0.339 e. The maximum Gasteiger partial charge on any atom is 0.269 e. The van der Waals surface area contributed by atoms with E-state index in [0.717, 1.165) is 0 Å². The summed E-state index contributed by atoms with van der Waals surface area (Å²) < 4.78 is 0. The third-order valence-electron chi connectivity index (χ3n) is 1.96. The minimum atomic E-state index is -0.171. The number of hydrazone groups is 1. The Hall–Kier alpha value is -1.43. The molecule has 6 heteroatoms. The van der Waals surface area contributed by atoms with Crippen LogP contribution in [0.4, 0.5) is 0 Å². The Kier molecular flexibility index (Phi) is 3.58. The molecular weight excluding hydrogens is 184 g/mol. The van der Waals surface area contributed by atoms with Gasteiger partial charge in [0.1, 0.15) is 5.71 Å². The highest BCUT2D eigenvalue weighted by Gasteiger charge is 2.20. The average Bonchev–Trinajstić information content (AvgIpc) is 2.18. The SMILES string of the molecule is CN(CCN)C(=O)C1=NNC(=O)CC1. The largest absolute Gasteiger partial charge is 0.339 e. The second-order valence-electron chi connectivity index (χ2n) is 3.11. The van der Waals surface area contributed by atoms with Crippen molar-refractivity contribution in [1.29, 1.82) is 0 Å². The van der Waals surface area contributed by atoms with Crippen LogP contribution in [0.3, 0.4) is 0 Å². The molecule has 0 aromatic carbocycles. The van der Waals surface area contributed by atoms with Gasteiger partial charge in [0.25, 0.3) is 5.91 Å². The molecule has 0 fully saturated rings. The zero-order valence-corrected chi connectivity index (χ0v) is 8.12. The summed E-state index contributed by atoms with van der Waals surface area (Å²) in [5.41, 5.74) is 7.98. The van der Waals surface area contributed by atoms with Gasteiger partial charge in [-0.2, -0.15) is 5.10 Å². The van der Waals surface area contributed by atoms with Crippen LogP contribution >= 0.6 is 0 Å². The number of amides is 2. The third-order valence-corrected chi connectivity index (χ3v) is 1.96. The Morgan fingerprint density at radius 3 is 2.86 bits per heavy atom. The summed E-state index contributed by atoms with van der Waals surface area (Å²) in [6.45, 7) is 0.910. The number of nitrogens with one attached hydrogen (secondary N) is 1. The summed E-state index contributed by atoms with van der Waals surface area (Å²) in [5.74, 6) is -0.321. The highest BCUT2D eigenvalue weighted by molar-refractivity contribution is 6.39. The van der Waals surface area contributed by atoms with Crippen LogP contribution in [0.2, 0.25) is 0 Å². The fourth-order valence-electron chi connectivity index (χ4n) is 1.14. The maximum absolute atomic E-state index is 11.6. The standard InChI is InChI=1S/C8H14N4O2/c1-12(5-4-9)8(14)6-2-3-7(13)11-10-6/h2-5,9H2,1H3,(H,11,13). The molecule has 6 nitrogen and oxygen atoms in total. The fourth-order valence-corrected chi connectivity index (χ4v) is 1.14. The van der Waals surface area contributed by atoms with E-state index >= 15 is 0 Å². The number of likely N-dealkylation sites (N-methyl/N-ethyl adjacent to an activating group) is 1. The van der Waals surface area contributed by atoms with Crippen LogP contribution < -0.4 is 11.2 Å². The van der Waals surface area contributed by atoms with Gasteiger partial charge in [-0.25, -0.2) is 5.43 Å². The molecule has 3 N–H and O–H groups in total. The third kappa shape index (κ3) is 2.53. The van der Waals surface area contributed by atoms with Crippen molar-refractivity contribution in [3.63, 3.8) is 0 Å². The number of hydrogen-bond acceptors (Lipinski definition) is 4. The Bertz CT molecular complexity index is 275. The predicted molar refractivity (Wildman–Crippen MR) is 51.5 cm³/mol. The molecule has 0 aromatic heterocycles. The summed E-state index contributed by atoms with van der Waals surface area (Å²) in [6, 6.07) is 0. The molecule has 1 aliphatic heterocycles. The monoisotopic (exact) mass is 198 g/mol. The Morgan fingerprint density at radius 1 is 1.64 bits per heavy atom. The zero-order valence-electron chi connectivity index (χ0n) is 8.12. The lowest BCUT2D eigenvalue weighted by Gasteiger charge is -2.18. The van der Waals surface area contributed by atoms with Gasteiger partial charge in [0.2, 0.25) is 5.91 Å². The zero-order chi connectivity index (χ0) is 10.6. The molecule has 14 heavy (non-hydrogen) atoms. The van der Waals surface area contributed by atoms with Crippen molar-refractivity contribution in [3.8, 4) is 0 Å². The van der Waals surface area contributed by atoms with Crippen LogP contribution in [0.5, 0.6) is 0 Å². The van der Waals surface area contributed by atoms with E-state index in [9.17, 15) is 9.59 Å². The minimum absolute atomic E-state index is 0.150. The second kappa shape index (κ2) is 4.71. The molecule has 1 aliphatic rings. The van der Waals surface area contributed by atoms with Gasteiger partial charge in [-0.3, -0.25) is 9.59 Å². The van der Waals surface area contributed by atoms with Crippen molar-refractivity contribution in [3.05, 3.63) is 0 Å². The molecule has 0 aliphatic carbocycles. The number of nitrogens with two attached hydrogens (primary N) is 1. The molecule has 78 valence electrons. The lowest BCUT2D eigenvalue weighted by Crippen LogP contribution is -2.40. The van der Waals surface area contributed by atoms with E-state index in [4.69, 9.17) is 5.73 Å². The molecule has 0 saturated heterocycles. The Balaban J connectivity index is 2.56. The van der Waals surface area contributed by atoms with Crippen LogP contribution in [0.1, 0.15) is 12.8 Å². The molecule has 2 amide bonds. The summed E-state index contributed by atoms with van der Waals surface area (Å²) in [5, 5.41) is 3.70. The van der Waals surface area contributed by atoms with Crippen LogP contribution in [-0.4, -0.2) is 42.6 Å². The quantitative estimate of drug-likeness (QED) is 0.589. The van der Waals surface area contributed by atoms with E-state index in [1.807, 2.05) is 0 Å². The van der Waals surface area contributed by atoms with Gasteiger partial charge >= 0.3 is 0 Å². The van der Waals surface area contributed by atoms with E-state index < -0.39 is 0 Å². The molecule has 1 heterocycles. The van der Waals surface area contributed by atoms with E-state index in [0.29, 0.717) is 31.6 Å². The van der Waals surface area contributed by atoms with Crippen molar-refractivity contribution >= 4 is 17.5 Å². The van der Waals surface area contributed by atoms with Crippen molar-refractivity contribution < 1.29 is 9.59 Å². The first-order valence-electron chi connectivity index (χ1n) is 4.46. The number of nitrogens with zero attached hydrogens (tertiary/aromatic N) is 2. The van der Waals surface area contributed by atoms with Crippen LogP contribution in [0, 0.1) is 0 Å². The highest BCUT2D eigenvalue weighted by Crippen LogP contribution is 2.02. The summed E-state index contributed by atoms with van der Waals surface area (Å²) in [4.78, 5) is 23.8. The van der Waals surface area contributed by atoms with Gasteiger partial charge < -0.3 is 10.6 Å². The van der Waals surface area contributed by atoms with Crippen molar-refractivity contribution in [1.82, 2.24) is 10.3 Å². The van der Waals surface area contributed by atoms with Crippen molar-refractivity contribution in [2.75, 3.05) is 20.1 Å². The van der Waals surface area contributed by atoms with Crippen LogP contribution in [0.25, 0.3) is 0 Å². The Labute approximate surface area is 82.1 Å². The molecule has 1 rings (SSSR count). The lowest BCUT2D eigenvalue weighted by molar-refractivity contribution is -0.123. The van der Waals surface area contributed by atoms with E-state index in [1.54, 1.807) is 7.05 Å². The number of carbonyl (C=O) groups is 2. The van der Waals surface area contributed by atoms with Crippen LogP contribution in [-0.2, 0) is 9.59 Å². The van der Waals surface area contributed by atoms with Gasteiger partial charge in [-0.15, -0.1) is 0 Å². The number of hydrogen-bond donors (Lipinski definition) is 2. The van der Waals surface area contributed by atoms with Gasteiger partial charge in [-0.05, 0) is 0 Å². The normalized spacial score (nSPS) is 15.9. The predicted octanol–water partition coefficient (Wildman–Crippen LogP) is -1.33. The molecule has 0 atom stereocenters. The maximum atomic E-state index is 11.6. The Morgan fingerprint density at radius 2 is 2.36 bits per heavy atom. The van der Waals surface area contributed by atoms with Gasteiger partial charge in [0.15, 0.2) is 0 Å². The van der Waals surface area contributed by atoms with E-state index in [1.165, 1.54) is 4.90 Å². The van der Waals surface area contributed by atoms with Gasteiger partial charge in [0.05, 0.1) is 0 Å². The second-order valence-corrected chi connectivity index (χ2v) is 3.11. The first kappa shape index (κ1) is 10.6. The fraction of sp³-hybridized carbons (Fsp3) is 0.625. The molecule has 0 unspecified atom stereocenters. The van der Waals surface area contributed by atoms with Gasteiger partial charge in [0, 0.05) is 33.0 Å². The number of carbonyl (C=O) groups excluding carboxylic acids is 2. The first-order valence-corrected chi connectivity index (χ1v) is 4.46. The summed E-state index contributed by atoms with van der Waals surface area (Å²) >= 11 is 0. The topological polar surface area (TPSA) is 87.8 Å². The molecular formula is C8H14N4O2. The molecule has 0 aromatic rings. The van der Waals surface area contributed by atoms with E-state index in [2.05, 4.69) is 10.5 Å². The number of rotatable bonds is 3. The molecule has 0 radical (unpaired) electrons. The van der Waals surface area contributed by atoms with Crippen molar-refractivity contribution in [2.24, 2.45) is 10.8 Å². The van der Waals surface area contributed by atoms with E-state index in [-0.39, 0.29) is 11.8 Å². The molecule has 0 spiro atoms. The highest BCUT2D eigenvalue weighted by atomic mass is 16.2. The average molecular weight is 198 g/mol. The first-order chi connectivity index (χ1) is 6.65. The van der Waals surface area contributed by atoms with Gasteiger partial charge in [-0.1, -0.05) is 0 Å². The van der Waals surface area contributed by atoms with Crippen LogP contribution in [0.15, 0.2) is 5.10 Å². The summed E-state index contributed by atoms with van der Waals surface area (Å²) in [7, 11) is 1.66. The smallest absolute Gasteiger partial charge is 0.269 e. The molecule has 0 saturated carbocycles. The van der Waals surface area contributed by atoms with Crippen molar-refractivity contribution in [2.45, 2.75) is 12.8 Å². The summed E-state index contributed by atoms with van der Waals surface area (Å²) in [6.07, 6.45) is 0.723. The lowest BCUT2D eigenvalue weighted by atomic mass is 10.1.